The number of anilines is 2. The average molecular weight is 260 g/mol. The van der Waals surface area contributed by atoms with Crippen LogP contribution in [0.4, 0.5) is 11.8 Å². The van der Waals surface area contributed by atoms with Crippen LogP contribution in [0, 0.1) is 6.92 Å². The number of H-pyrrole nitrogens is 1. The lowest BCUT2D eigenvalue weighted by atomic mass is 10.4. The summed E-state index contributed by atoms with van der Waals surface area (Å²) in [6.45, 7) is 2.80. The second kappa shape index (κ2) is 4.26. The molecule has 0 aliphatic carbocycles. The maximum atomic E-state index is 5.64. The third-order valence-corrected chi connectivity index (χ3v) is 3.53. The molecule has 6 nitrogen and oxygen atoms in total. The Bertz CT molecular complexity index is 686. The number of fused-ring (bicyclic) bond motifs is 1. The number of nitrogens with two attached hydrogens (primary N) is 1. The van der Waals surface area contributed by atoms with E-state index >= 15 is 0 Å². The minimum absolute atomic E-state index is 0.222. The van der Waals surface area contributed by atoms with Crippen molar-refractivity contribution in [3.05, 3.63) is 28.2 Å². The van der Waals surface area contributed by atoms with Gasteiger partial charge in [-0.3, -0.25) is 0 Å². The Morgan fingerprint density at radius 2 is 2.28 bits per heavy atom. The van der Waals surface area contributed by atoms with Crippen LogP contribution in [0.3, 0.4) is 0 Å². The van der Waals surface area contributed by atoms with E-state index in [1.54, 1.807) is 17.7 Å². The van der Waals surface area contributed by atoms with Gasteiger partial charge in [0.1, 0.15) is 5.52 Å². The molecular formula is C11H12N6S. The molecule has 3 rings (SSSR count). The number of imidazole rings is 1. The van der Waals surface area contributed by atoms with Crippen LogP contribution >= 0.6 is 11.3 Å². The lowest BCUT2D eigenvalue weighted by Gasteiger charge is -2.05. The largest absolute Gasteiger partial charge is 0.368 e. The van der Waals surface area contributed by atoms with Crippen molar-refractivity contribution in [2.75, 3.05) is 11.1 Å². The summed E-state index contributed by atoms with van der Waals surface area (Å²) in [6.07, 6.45) is 1.58. The van der Waals surface area contributed by atoms with Gasteiger partial charge in [0, 0.05) is 9.75 Å². The minimum Gasteiger partial charge on any atom is -0.368 e. The summed E-state index contributed by atoms with van der Waals surface area (Å²) in [7, 11) is 0. The van der Waals surface area contributed by atoms with E-state index in [1.165, 1.54) is 9.75 Å². The van der Waals surface area contributed by atoms with Crippen molar-refractivity contribution in [2.24, 2.45) is 0 Å². The second-order valence-electron chi connectivity index (χ2n) is 3.90. The summed E-state index contributed by atoms with van der Waals surface area (Å²) in [5, 5.41) is 3.25. The highest BCUT2D eigenvalue weighted by Gasteiger charge is 2.08. The van der Waals surface area contributed by atoms with Gasteiger partial charge in [-0.15, -0.1) is 11.3 Å². The van der Waals surface area contributed by atoms with Gasteiger partial charge in [0.25, 0.3) is 0 Å². The molecule has 92 valence electrons. The molecule has 0 fully saturated rings. The van der Waals surface area contributed by atoms with Gasteiger partial charge in [-0.1, -0.05) is 0 Å². The standard InChI is InChI=1S/C11H12N6S/c1-6-2-3-7(18-6)4-13-9-8-10(15-5-14-8)17-11(12)16-9/h2-3,5H,4H2,1H3,(H4,12,13,14,15,16,17). The van der Waals surface area contributed by atoms with E-state index in [9.17, 15) is 0 Å². The summed E-state index contributed by atoms with van der Waals surface area (Å²) in [4.78, 5) is 17.8. The highest BCUT2D eigenvalue weighted by atomic mass is 32.1. The van der Waals surface area contributed by atoms with E-state index in [4.69, 9.17) is 5.73 Å². The first-order valence-electron chi connectivity index (χ1n) is 5.48. The van der Waals surface area contributed by atoms with Gasteiger partial charge in [-0.05, 0) is 19.1 Å². The van der Waals surface area contributed by atoms with Crippen LogP contribution in [0.5, 0.6) is 0 Å². The highest BCUT2D eigenvalue weighted by Crippen LogP contribution is 2.20. The van der Waals surface area contributed by atoms with E-state index in [1.807, 2.05) is 0 Å². The fraction of sp³-hybridized carbons (Fsp3) is 0.182. The van der Waals surface area contributed by atoms with E-state index in [2.05, 4.69) is 44.3 Å². The molecular weight excluding hydrogens is 248 g/mol. The Morgan fingerprint density at radius 3 is 3.06 bits per heavy atom. The van der Waals surface area contributed by atoms with Crippen LogP contribution in [-0.2, 0) is 6.54 Å². The molecule has 0 saturated heterocycles. The van der Waals surface area contributed by atoms with Gasteiger partial charge >= 0.3 is 0 Å². The van der Waals surface area contributed by atoms with Crippen molar-refractivity contribution in [1.82, 2.24) is 19.9 Å². The van der Waals surface area contributed by atoms with E-state index < -0.39 is 0 Å². The molecule has 0 amide bonds. The summed E-state index contributed by atoms with van der Waals surface area (Å²) in [5.74, 6) is 0.903. The first-order chi connectivity index (χ1) is 8.72. The van der Waals surface area contributed by atoms with Gasteiger partial charge in [-0.25, -0.2) is 4.98 Å². The lowest BCUT2D eigenvalue weighted by molar-refractivity contribution is 1.13. The van der Waals surface area contributed by atoms with Crippen LogP contribution in [-0.4, -0.2) is 19.9 Å². The Morgan fingerprint density at radius 1 is 1.39 bits per heavy atom. The first-order valence-corrected chi connectivity index (χ1v) is 6.30. The van der Waals surface area contributed by atoms with Gasteiger partial charge in [0.05, 0.1) is 12.9 Å². The molecule has 18 heavy (non-hydrogen) atoms. The average Bonchev–Trinajstić information content (AvgIpc) is 2.94. The topological polar surface area (TPSA) is 92.5 Å². The smallest absolute Gasteiger partial charge is 0.224 e. The minimum atomic E-state index is 0.222. The molecule has 0 aliphatic rings. The first kappa shape index (κ1) is 11.0. The molecule has 3 heterocycles. The SMILES string of the molecule is Cc1ccc(CNc2nc(N)nc3nc[nH]c23)s1. The summed E-state index contributed by atoms with van der Waals surface area (Å²) in [6, 6.07) is 4.20. The van der Waals surface area contributed by atoms with E-state index in [0.29, 0.717) is 18.0 Å². The molecule has 0 saturated carbocycles. The Kier molecular flexibility index (Phi) is 2.60. The van der Waals surface area contributed by atoms with Crippen LogP contribution in [0.1, 0.15) is 9.75 Å². The van der Waals surface area contributed by atoms with Crippen LogP contribution < -0.4 is 11.1 Å². The van der Waals surface area contributed by atoms with Crippen molar-refractivity contribution in [2.45, 2.75) is 13.5 Å². The molecule has 0 aliphatic heterocycles. The van der Waals surface area contributed by atoms with Crippen molar-refractivity contribution >= 4 is 34.3 Å². The van der Waals surface area contributed by atoms with Crippen molar-refractivity contribution < 1.29 is 0 Å². The normalized spacial score (nSPS) is 10.9. The maximum absolute atomic E-state index is 5.64. The molecule has 3 aromatic heterocycles. The maximum Gasteiger partial charge on any atom is 0.224 e. The molecule has 0 bridgehead atoms. The number of rotatable bonds is 3. The van der Waals surface area contributed by atoms with Gasteiger partial charge in [0.15, 0.2) is 11.5 Å². The third kappa shape index (κ3) is 2.00. The Hall–Kier alpha value is -2.15. The predicted molar refractivity (Wildman–Crippen MR) is 72.5 cm³/mol. The van der Waals surface area contributed by atoms with Crippen molar-refractivity contribution in [1.29, 1.82) is 0 Å². The lowest BCUT2D eigenvalue weighted by Crippen LogP contribution is -2.04. The molecule has 7 heteroatoms. The van der Waals surface area contributed by atoms with E-state index in [-0.39, 0.29) is 5.95 Å². The fourth-order valence-corrected chi connectivity index (χ4v) is 2.56. The van der Waals surface area contributed by atoms with Crippen LogP contribution in [0.2, 0.25) is 0 Å². The zero-order chi connectivity index (χ0) is 12.5. The van der Waals surface area contributed by atoms with Crippen LogP contribution in [0.15, 0.2) is 18.5 Å². The number of aromatic nitrogens is 4. The number of nitrogens with zero attached hydrogens (tertiary/aromatic N) is 3. The summed E-state index contributed by atoms with van der Waals surface area (Å²) < 4.78 is 0. The van der Waals surface area contributed by atoms with Crippen molar-refractivity contribution in [3.63, 3.8) is 0 Å². The quantitative estimate of drug-likeness (QED) is 0.669. The zero-order valence-electron chi connectivity index (χ0n) is 9.77. The molecule has 0 radical (unpaired) electrons. The summed E-state index contributed by atoms with van der Waals surface area (Å²) in [5.41, 5.74) is 7.00. The molecule has 3 aromatic rings. The number of aromatic amines is 1. The molecule has 0 atom stereocenters. The number of hydrogen-bond acceptors (Lipinski definition) is 6. The fourth-order valence-electron chi connectivity index (χ4n) is 1.73. The monoisotopic (exact) mass is 260 g/mol. The van der Waals surface area contributed by atoms with Crippen LogP contribution in [0.25, 0.3) is 11.2 Å². The third-order valence-electron chi connectivity index (χ3n) is 2.53. The van der Waals surface area contributed by atoms with Crippen molar-refractivity contribution in [3.8, 4) is 0 Å². The van der Waals surface area contributed by atoms with Gasteiger partial charge in [0.2, 0.25) is 5.95 Å². The molecule has 0 aromatic carbocycles. The Labute approximate surface area is 107 Å². The number of thiophene rings is 1. The zero-order valence-corrected chi connectivity index (χ0v) is 10.6. The molecule has 0 unspecified atom stereocenters. The number of nitrogen functional groups attached to an aromatic ring is 1. The molecule has 0 spiro atoms. The number of nitrogens with one attached hydrogen (secondary N) is 2. The highest BCUT2D eigenvalue weighted by molar-refractivity contribution is 7.11. The van der Waals surface area contributed by atoms with Gasteiger partial charge in [-0.2, -0.15) is 9.97 Å². The van der Waals surface area contributed by atoms with E-state index in [0.717, 1.165) is 5.52 Å². The summed E-state index contributed by atoms with van der Waals surface area (Å²) >= 11 is 1.76. The Balaban J connectivity index is 1.87. The molecule has 4 N–H and O–H groups in total. The predicted octanol–water partition coefficient (Wildman–Crippen LogP) is 1.92. The number of hydrogen-bond donors (Lipinski definition) is 3. The second-order valence-corrected chi connectivity index (χ2v) is 5.27. The van der Waals surface area contributed by atoms with Gasteiger partial charge < -0.3 is 16.0 Å². The number of aryl methyl sites for hydroxylation is 1.